The van der Waals surface area contributed by atoms with E-state index in [0.717, 1.165) is 0 Å². The summed E-state index contributed by atoms with van der Waals surface area (Å²) in [5.74, 6) is 0.560. The van der Waals surface area contributed by atoms with E-state index in [1.807, 2.05) is 0 Å². The first kappa shape index (κ1) is 26.1. The molecule has 1 unspecified atom stereocenters. The fraction of sp³-hybridized carbons (Fsp3) is 0.143. The van der Waals surface area contributed by atoms with E-state index in [9.17, 15) is 0 Å². The van der Waals surface area contributed by atoms with Crippen molar-refractivity contribution in [2.45, 2.75) is 27.7 Å². The van der Waals surface area contributed by atoms with E-state index in [2.05, 4.69) is 149 Å². The van der Waals surface area contributed by atoms with Crippen molar-refractivity contribution in [3.8, 4) is 0 Å². The van der Waals surface area contributed by atoms with Crippen LogP contribution < -0.4 is 0 Å². The van der Waals surface area contributed by atoms with Gasteiger partial charge in [0.05, 0.1) is 0 Å². The largest absolute Gasteiger partial charge is 0.126 e. The van der Waals surface area contributed by atoms with Crippen molar-refractivity contribution in [3.63, 3.8) is 0 Å². The molecule has 0 nitrogen and oxygen atoms in total. The average molecular weight is 544 g/mol. The SMILES string of the molecule is CC1=[C-]C(C)C(C)=C1C.[Zr+2]=[C](c1ccccc1)c1ccccc1.c1ccc2c(c1)[cH-]c1ccccc12. The molecule has 1 atom stereocenters. The smallest absolute Gasteiger partial charge is 0.0771 e. The second-order valence-electron chi connectivity index (χ2n) is 9.22. The van der Waals surface area contributed by atoms with Gasteiger partial charge in [0.25, 0.3) is 0 Å². The summed E-state index contributed by atoms with van der Waals surface area (Å²) in [5, 5.41) is 5.39. The molecule has 0 heterocycles. The molecule has 0 aliphatic heterocycles. The molecule has 0 bridgehead atoms. The Balaban J connectivity index is 0.000000130. The molecule has 0 saturated carbocycles. The molecule has 6 rings (SSSR count). The topological polar surface area (TPSA) is 0 Å². The van der Waals surface area contributed by atoms with Gasteiger partial charge in [-0.2, -0.15) is 11.1 Å². The minimum atomic E-state index is 0.560. The van der Waals surface area contributed by atoms with Crippen molar-refractivity contribution in [2.24, 2.45) is 5.92 Å². The van der Waals surface area contributed by atoms with Crippen LogP contribution in [0.1, 0.15) is 38.8 Å². The number of rotatable bonds is 2. The molecule has 0 radical (unpaired) electrons. The quantitative estimate of drug-likeness (QED) is 0.195. The van der Waals surface area contributed by atoms with Crippen LogP contribution in [0, 0.1) is 12.0 Å². The average Bonchev–Trinajstić information content (AvgIpc) is 3.42. The van der Waals surface area contributed by atoms with E-state index < -0.39 is 0 Å². The third-order valence-corrected chi connectivity index (χ3v) is 8.30. The standard InChI is InChI=1S/C13H9.C13H10.C9H13.Zr/c1-3-7-12-10(5-1)9-11-6-2-4-8-13(11)12;1-3-7-12(8-4-1)11-13-9-5-2-6-10-13;1-6-5-7(2)9(4)8(6)3;/h1-9H;1-10H;6H,1-4H3;/q-1;;-1;+2. The predicted octanol–water partition coefficient (Wildman–Crippen LogP) is 9.24. The van der Waals surface area contributed by atoms with Gasteiger partial charge in [-0.1, -0.05) is 63.1 Å². The maximum atomic E-state index is 3.36. The van der Waals surface area contributed by atoms with Crippen molar-refractivity contribution in [1.29, 1.82) is 0 Å². The van der Waals surface area contributed by atoms with E-state index >= 15 is 0 Å². The molecule has 0 fully saturated rings. The Morgan fingerprint density at radius 2 is 1.06 bits per heavy atom. The fourth-order valence-corrected chi connectivity index (χ4v) is 5.26. The summed E-state index contributed by atoms with van der Waals surface area (Å²) >= 11 is 1.46. The molecule has 0 saturated heterocycles. The zero-order valence-electron chi connectivity index (χ0n) is 21.5. The molecule has 0 aromatic heterocycles. The van der Waals surface area contributed by atoms with E-state index in [0.29, 0.717) is 5.92 Å². The van der Waals surface area contributed by atoms with Crippen molar-refractivity contribution in [3.05, 3.63) is 149 Å². The van der Waals surface area contributed by atoms with E-state index in [4.69, 9.17) is 0 Å². The Labute approximate surface area is 230 Å². The third kappa shape index (κ3) is 6.21. The molecule has 36 heavy (non-hydrogen) atoms. The zero-order valence-corrected chi connectivity index (χ0v) is 24.0. The van der Waals surface area contributed by atoms with E-state index in [1.165, 1.54) is 76.8 Å². The Kier molecular flexibility index (Phi) is 8.90. The first-order chi connectivity index (χ1) is 17.5. The van der Waals surface area contributed by atoms with Crippen LogP contribution >= 0.6 is 0 Å². The molecule has 5 aromatic rings. The van der Waals surface area contributed by atoms with Crippen molar-refractivity contribution >= 4 is 24.8 Å². The van der Waals surface area contributed by atoms with Gasteiger partial charge in [0.1, 0.15) is 0 Å². The molecule has 176 valence electrons. The van der Waals surface area contributed by atoms with Gasteiger partial charge in [0.2, 0.25) is 0 Å². The van der Waals surface area contributed by atoms with Gasteiger partial charge < -0.3 is 0 Å². The Morgan fingerprint density at radius 3 is 1.42 bits per heavy atom. The Bertz CT molecular complexity index is 1420. The first-order valence-electron chi connectivity index (χ1n) is 12.5. The molecular weight excluding hydrogens is 512 g/mol. The number of hydrogen-bond acceptors (Lipinski definition) is 0. The van der Waals surface area contributed by atoms with Gasteiger partial charge in [-0.05, 0) is 0 Å². The molecular formula is C35H32Zr. The molecule has 0 spiro atoms. The molecule has 1 aliphatic carbocycles. The zero-order chi connectivity index (χ0) is 25.5. The number of hydrogen-bond donors (Lipinski definition) is 0. The number of fused-ring (bicyclic) bond motifs is 3. The second kappa shape index (κ2) is 12.3. The van der Waals surface area contributed by atoms with Crippen LogP contribution in [-0.2, 0) is 24.2 Å². The summed E-state index contributed by atoms with van der Waals surface area (Å²) in [4.78, 5) is 0. The normalized spacial score (nSPS) is 14.6. The maximum Gasteiger partial charge on any atom is -0.0771 e. The molecule has 1 aliphatic rings. The van der Waals surface area contributed by atoms with Gasteiger partial charge in [0.15, 0.2) is 0 Å². The summed E-state index contributed by atoms with van der Waals surface area (Å²) in [7, 11) is 0. The second-order valence-corrected chi connectivity index (χ2v) is 10.5. The Hall–Kier alpha value is -3.02. The minimum absolute atomic E-state index is 0.560. The predicted molar refractivity (Wildman–Crippen MR) is 153 cm³/mol. The summed E-state index contributed by atoms with van der Waals surface area (Å²) in [6.07, 6.45) is 3.36. The van der Waals surface area contributed by atoms with Crippen LogP contribution in [-0.4, -0.2) is 3.21 Å². The molecule has 5 aromatic carbocycles. The number of allylic oxidation sites excluding steroid dienone is 4. The van der Waals surface area contributed by atoms with Crippen LogP contribution in [0.15, 0.2) is 132 Å². The summed E-state index contributed by atoms with van der Waals surface area (Å²) in [6.45, 7) is 8.67. The maximum absolute atomic E-state index is 3.36. The van der Waals surface area contributed by atoms with Crippen molar-refractivity contribution in [1.82, 2.24) is 0 Å². The summed E-state index contributed by atoms with van der Waals surface area (Å²) in [5.41, 5.74) is 6.91. The molecule has 0 N–H and O–H groups in total. The van der Waals surface area contributed by atoms with Crippen LogP contribution in [0.3, 0.4) is 0 Å². The summed E-state index contributed by atoms with van der Waals surface area (Å²) < 4.78 is 1.42. The van der Waals surface area contributed by atoms with E-state index in [1.54, 1.807) is 0 Å². The van der Waals surface area contributed by atoms with Gasteiger partial charge in [0, 0.05) is 0 Å². The molecule has 0 amide bonds. The van der Waals surface area contributed by atoms with Crippen molar-refractivity contribution in [2.75, 3.05) is 0 Å². The van der Waals surface area contributed by atoms with E-state index in [-0.39, 0.29) is 0 Å². The van der Waals surface area contributed by atoms with Crippen LogP contribution in [0.5, 0.6) is 0 Å². The Morgan fingerprint density at radius 1 is 0.639 bits per heavy atom. The number of benzene rings is 4. The third-order valence-electron chi connectivity index (χ3n) is 6.88. The monoisotopic (exact) mass is 542 g/mol. The van der Waals surface area contributed by atoms with Crippen LogP contribution in [0.2, 0.25) is 0 Å². The van der Waals surface area contributed by atoms with Crippen LogP contribution in [0.25, 0.3) is 21.5 Å². The van der Waals surface area contributed by atoms with Crippen molar-refractivity contribution < 1.29 is 24.2 Å². The van der Waals surface area contributed by atoms with Gasteiger partial charge in [-0.25, -0.2) is 5.57 Å². The summed E-state index contributed by atoms with van der Waals surface area (Å²) in [6, 6.07) is 40.4. The van der Waals surface area contributed by atoms with Gasteiger partial charge in [-0.15, -0.1) is 46.7 Å². The van der Waals surface area contributed by atoms with Gasteiger partial charge in [-0.3, -0.25) is 6.08 Å². The molecule has 1 heteroatoms. The fourth-order valence-electron chi connectivity index (χ4n) is 4.44. The van der Waals surface area contributed by atoms with Gasteiger partial charge >= 0.3 is 99.2 Å². The minimum Gasteiger partial charge on any atom is -0.126 e. The first-order valence-corrected chi connectivity index (χ1v) is 13.7. The van der Waals surface area contributed by atoms with Crippen LogP contribution in [0.4, 0.5) is 0 Å².